The highest BCUT2D eigenvalue weighted by atomic mass is 16.3. The Morgan fingerprint density at radius 2 is 2.14 bits per heavy atom. The van der Waals surface area contributed by atoms with E-state index < -0.39 is 12.3 Å². The van der Waals surface area contributed by atoms with Gasteiger partial charge in [-0.05, 0) is 0 Å². The molecule has 0 heterocycles. The quantitative estimate of drug-likeness (QED) is 0.274. The maximum Gasteiger partial charge on any atom is 0.156 e. The van der Waals surface area contributed by atoms with Crippen LogP contribution < -0.4 is 11.5 Å². The summed E-state index contributed by atoms with van der Waals surface area (Å²) in [5.74, 6) is 0. The third kappa shape index (κ3) is 2.27. The van der Waals surface area contributed by atoms with Gasteiger partial charge in [0.25, 0.3) is 0 Å². The van der Waals surface area contributed by atoms with E-state index in [9.17, 15) is 4.79 Å². The molecule has 7 heavy (non-hydrogen) atoms. The summed E-state index contributed by atoms with van der Waals surface area (Å²) >= 11 is 0. The second-order valence-electron chi connectivity index (χ2n) is 1.39. The Morgan fingerprint density at radius 1 is 1.71 bits per heavy atom. The number of carbonyl (C=O) groups is 1. The van der Waals surface area contributed by atoms with Crippen LogP contribution in [0.25, 0.3) is 0 Å². The van der Waals surface area contributed by atoms with Crippen molar-refractivity contribution >= 4 is 6.29 Å². The van der Waals surface area contributed by atoms with Gasteiger partial charge in [-0.3, -0.25) is 4.79 Å². The first-order valence-electron chi connectivity index (χ1n) is 1.77. The van der Waals surface area contributed by atoms with Crippen LogP contribution in [0.15, 0.2) is 0 Å². The van der Waals surface area contributed by atoms with Crippen LogP contribution in [0.2, 0.25) is 0 Å². The topological polar surface area (TPSA) is 89.3 Å². The molecule has 0 aromatic heterocycles. The number of rotatable bonds is 2. The molecule has 0 aliphatic heterocycles. The normalized spacial score (nSPS) is 11.3. The lowest BCUT2D eigenvalue weighted by Crippen LogP contribution is -2.54. The zero-order valence-electron chi connectivity index (χ0n) is 3.79. The Balaban J connectivity index is 3.58. The molecule has 42 valence electrons. The van der Waals surface area contributed by atoms with Crippen molar-refractivity contribution in [2.45, 2.75) is 5.66 Å². The van der Waals surface area contributed by atoms with Gasteiger partial charge in [-0.1, -0.05) is 0 Å². The molecule has 0 unspecified atom stereocenters. The second kappa shape index (κ2) is 2.02. The van der Waals surface area contributed by atoms with E-state index in [1.165, 1.54) is 0 Å². The Labute approximate surface area is 41.1 Å². The van der Waals surface area contributed by atoms with E-state index in [1.807, 2.05) is 0 Å². The van der Waals surface area contributed by atoms with Crippen LogP contribution in [0.3, 0.4) is 0 Å². The molecular formula is C3H8N2O2. The predicted molar refractivity (Wildman–Crippen MR) is 24.3 cm³/mol. The lowest BCUT2D eigenvalue weighted by molar-refractivity contribution is -0.113. The fraction of sp³-hybridized carbons (Fsp3) is 0.667. The van der Waals surface area contributed by atoms with Crippen LogP contribution in [0.4, 0.5) is 0 Å². The molecular weight excluding hydrogens is 96.0 g/mol. The summed E-state index contributed by atoms with van der Waals surface area (Å²) in [5, 5.41) is 8.11. The van der Waals surface area contributed by atoms with Crippen molar-refractivity contribution in [2.24, 2.45) is 11.5 Å². The third-order valence-corrected chi connectivity index (χ3v) is 0.493. The SMILES string of the molecule is NC(N)(C=O)CO. The van der Waals surface area contributed by atoms with Crippen molar-refractivity contribution in [2.75, 3.05) is 6.61 Å². The summed E-state index contributed by atoms with van der Waals surface area (Å²) in [5.41, 5.74) is 8.21. The minimum Gasteiger partial charge on any atom is -0.393 e. The molecule has 0 fully saturated rings. The molecule has 0 aromatic rings. The molecule has 0 aliphatic rings. The summed E-state index contributed by atoms with van der Waals surface area (Å²) in [6.07, 6.45) is 0.299. The van der Waals surface area contributed by atoms with E-state index in [0.29, 0.717) is 6.29 Å². The summed E-state index contributed by atoms with van der Waals surface area (Å²) < 4.78 is 0. The summed E-state index contributed by atoms with van der Waals surface area (Å²) in [7, 11) is 0. The molecule has 0 atom stereocenters. The molecule has 0 rings (SSSR count). The van der Waals surface area contributed by atoms with Crippen LogP contribution >= 0.6 is 0 Å². The maximum atomic E-state index is 9.65. The van der Waals surface area contributed by atoms with Gasteiger partial charge in [0.05, 0.1) is 6.61 Å². The predicted octanol–water partition coefficient (Wildman–Crippen LogP) is -2.21. The molecule has 0 radical (unpaired) electrons. The molecule has 0 bridgehead atoms. The minimum atomic E-state index is -1.54. The first kappa shape index (κ1) is 6.55. The number of aliphatic hydroxyl groups excluding tert-OH is 1. The van der Waals surface area contributed by atoms with Gasteiger partial charge in [0.2, 0.25) is 0 Å². The Kier molecular flexibility index (Phi) is 1.89. The highest BCUT2D eigenvalue weighted by molar-refractivity contribution is 5.62. The van der Waals surface area contributed by atoms with Gasteiger partial charge in [-0.25, -0.2) is 0 Å². The number of aliphatic hydroxyl groups is 1. The standard InChI is InChI=1S/C3H8N2O2/c4-3(5,1-6)2-7/h1,7H,2,4-5H2. The number of hydrogen-bond acceptors (Lipinski definition) is 4. The average molecular weight is 104 g/mol. The van der Waals surface area contributed by atoms with Crippen LogP contribution in [-0.2, 0) is 4.79 Å². The van der Waals surface area contributed by atoms with Gasteiger partial charge in [0, 0.05) is 0 Å². The van der Waals surface area contributed by atoms with Gasteiger partial charge in [-0.2, -0.15) is 0 Å². The summed E-state index contributed by atoms with van der Waals surface area (Å²) in [6, 6.07) is 0. The van der Waals surface area contributed by atoms with Crippen molar-refractivity contribution in [1.82, 2.24) is 0 Å². The van der Waals surface area contributed by atoms with Crippen LogP contribution in [0, 0.1) is 0 Å². The van der Waals surface area contributed by atoms with Crippen molar-refractivity contribution < 1.29 is 9.90 Å². The zero-order chi connectivity index (χ0) is 5.91. The van der Waals surface area contributed by atoms with Crippen molar-refractivity contribution in [1.29, 1.82) is 0 Å². The Morgan fingerprint density at radius 3 is 2.14 bits per heavy atom. The average Bonchev–Trinajstić information content (AvgIpc) is 1.68. The van der Waals surface area contributed by atoms with Crippen molar-refractivity contribution in [3.63, 3.8) is 0 Å². The van der Waals surface area contributed by atoms with Gasteiger partial charge in [0.15, 0.2) is 6.29 Å². The number of carbonyl (C=O) groups excluding carboxylic acids is 1. The van der Waals surface area contributed by atoms with E-state index in [1.54, 1.807) is 0 Å². The number of hydrogen-bond donors (Lipinski definition) is 3. The summed E-state index contributed by atoms with van der Waals surface area (Å²) in [4.78, 5) is 9.65. The van der Waals surface area contributed by atoms with Gasteiger partial charge >= 0.3 is 0 Å². The smallest absolute Gasteiger partial charge is 0.156 e. The molecule has 0 spiro atoms. The molecule has 0 aromatic carbocycles. The highest BCUT2D eigenvalue weighted by Gasteiger charge is 2.14. The molecule has 0 saturated heterocycles. The first-order chi connectivity index (χ1) is 3.12. The van der Waals surface area contributed by atoms with Crippen molar-refractivity contribution in [3.8, 4) is 0 Å². The lowest BCUT2D eigenvalue weighted by Gasteiger charge is -2.10. The Bertz CT molecular complexity index is 71.3. The molecule has 0 amide bonds. The zero-order valence-corrected chi connectivity index (χ0v) is 3.79. The fourth-order valence-corrected chi connectivity index (χ4v) is 0.0373. The van der Waals surface area contributed by atoms with E-state index in [-0.39, 0.29) is 0 Å². The monoisotopic (exact) mass is 104 g/mol. The van der Waals surface area contributed by atoms with Crippen molar-refractivity contribution in [3.05, 3.63) is 0 Å². The maximum absolute atomic E-state index is 9.65. The lowest BCUT2D eigenvalue weighted by atomic mass is 10.3. The molecule has 5 N–H and O–H groups in total. The molecule has 4 nitrogen and oxygen atoms in total. The van der Waals surface area contributed by atoms with Gasteiger partial charge < -0.3 is 16.6 Å². The van der Waals surface area contributed by atoms with Gasteiger partial charge in [0.1, 0.15) is 5.66 Å². The Hall–Kier alpha value is -0.450. The largest absolute Gasteiger partial charge is 0.393 e. The molecule has 0 aliphatic carbocycles. The molecule has 0 saturated carbocycles. The molecule has 4 heteroatoms. The van der Waals surface area contributed by atoms with E-state index in [0.717, 1.165) is 0 Å². The van der Waals surface area contributed by atoms with Crippen LogP contribution in [0.5, 0.6) is 0 Å². The second-order valence-corrected chi connectivity index (χ2v) is 1.39. The minimum absolute atomic E-state index is 0.299. The van der Waals surface area contributed by atoms with E-state index >= 15 is 0 Å². The first-order valence-corrected chi connectivity index (χ1v) is 1.77. The van der Waals surface area contributed by atoms with E-state index in [4.69, 9.17) is 16.6 Å². The van der Waals surface area contributed by atoms with Crippen LogP contribution in [0.1, 0.15) is 0 Å². The van der Waals surface area contributed by atoms with Gasteiger partial charge in [-0.15, -0.1) is 0 Å². The third-order valence-electron chi connectivity index (χ3n) is 0.493. The number of aldehydes is 1. The number of nitrogens with two attached hydrogens (primary N) is 2. The fourth-order valence-electron chi connectivity index (χ4n) is 0.0373. The summed E-state index contributed by atoms with van der Waals surface area (Å²) in [6.45, 7) is -0.517. The van der Waals surface area contributed by atoms with Crippen LogP contribution in [-0.4, -0.2) is 23.7 Å². The highest BCUT2D eigenvalue weighted by Crippen LogP contribution is 1.76. The van der Waals surface area contributed by atoms with E-state index in [2.05, 4.69) is 0 Å².